The van der Waals surface area contributed by atoms with Crippen molar-refractivity contribution in [1.29, 1.82) is 0 Å². The van der Waals surface area contributed by atoms with Crippen LogP contribution in [0.25, 0.3) is 0 Å². The fourth-order valence-electron chi connectivity index (χ4n) is 1.13. The highest BCUT2D eigenvalue weighted by Crippen LogP contribution is 2.19. The molecule has 0 radical (unpaired) electrons. The van der Waals surface area contributed by atoms with E-state index >= 15 is 0 Å². The smallest absolute Gasteiger partial charge is 0.244 e. The second-order valence-electron chi connectivity index (χ2n) is 2.98. The van der Waals surface area contributed by atoms with Crippen LogP contribution in [-0.4, -0.2) is 29.2 Å². The van der Waals surface area contributed by atoms with Gasteiger partial charge in [0.15, 0.2) is 6.17 Å². The molecule has 0 spiro atoms. The normalized spacial score (nSPS) is 13.6. The number of hydrogen-bond donors (Lipinski definition) is 0. The molecule has 86 valence electrons. The lowest BCUT2D eigenvalue weighted by Crippen LogP contribution is -2.19. The fraction of sp³-hybridized carbons (Fsp3) is 0.333. The number of nitro groups is 1. The minimum absolute atomic E-state index is 0.144. The summed E-state index contributed by atoms with van der Waals surface area (Å²) < 4.78 is 13.8. The van der Waals surface area contributed by atoms with Gasteiger partial charge < -0.3 is 0 Å². The molecule has 0 aliphatic heterocycles. The molecule has 1 atom stereocenters. The van der Waals surface area contributed by atoms with E-state index in [0.717, 1.165) is 0 Å². The van der Waals surface area contributed by atoms with E-state index in [-0.39, 0.29) is 16.4 Å². The number of rotatable bonds is 4. The highest BCUT2D eigenvalue weighted by molar-refractivity contribution is 6.29. The fourth-order valence-corrected chi connectivity index (χ4v) is 1.24. The molecule has 1 unspecified atom stereocenters. The SMILES string of the molecule is CN=C(C[N+](=O)[O-])C(F)c1ccc(Cl)nc1. The van der Waals surface area contributed by atoms with E-state index < -0.39 is 17.6 Å². The maximum absolute atomic E-state index is 13.8. The number of aliphatic imine (C=N–C) groups is 1. The Balaban J connectivity index is 2.87. The van der Waals surface area contributed by atoms with Gasteiger partial charge >= 0.3 is 0 Å². The van der Waals surface area contributed by atoms with E-state index in [1.54, 1.807) is 0 Å². The van der Waals surface area contributed by atoms with E-state index in [1.807, 2.05) is 0 Å². The zero-order chi connectivity index (χ0) is 12.1. The lowest BCUT2D eigenvalue weighted by atomic mass is 10.1. The van der Waals surface area contributed by atoms with Crippen molar-refractivity contribution < 1.29 is 9.31 Å². The number of aromatic nitrogens is 1. The van der Waals surface area contributed by atoms with Crippen LogP contribution in [0, 0.1) is 10.1 Å². The summed E-state index contributed by atoms with van der Waals surface area (Å²) in [5.41, 5.74) is 0.0565. The molecule has 0 fully saturated rings. The van der Waals surface area contributed by atoms with Crippen LogP contribution in [0.3, 0.4) is 0 Å². The van der Waals surface area contributed by atoms with Gasteiger partial charge in [-0.05, 0) is 6.07 Å². The average molecular weight is 246 g/mol. The van der Waals surface area contributed by atoms with E-state index in [0.29, 0.717) is 0 Å². The summed E-state index contributed by atoms with van der Waals surface area (Å²) in [6, 6.07) is 2.84. The summed E-state index contributed by atoms with van der Waals surface area (Å²) in [6.07, 6.45) is -0.391. The van der Waals surface area contributed by atoms with Crippen molar-refractivity contribution in [3.05, 3.63) is 39.2 Å². The maximum Gasteiger partial charge on any atom is 0.244 e. The first-order valence-corrected chi connectivity index (χ1v) is 4.75. The Hall–Kier alpha value is -1.56. The van der Waals surface area contributed by atoms with E-state index in [9.17, 15) is 14.5 Å². The molecule has 5 nitrogen and oxygen atoms in total. The first-order chi connectivity index (χ1) is 7.54. The zero-order valence-corrected chi connectivity index (χ0v) is 9.19. The molecule has 1 aromatic heterocycles. The molecular weight excluding hydrogens is 237 g/mol. The standard InChI is InChI=1S/C9H9ClFN3O2/c1-12-7(5-14(15)16)9(11)6-2-3-8(10)13-4-6/h2-4,9H,5H2,1H3. The van der Waals surface area contributed by atoms with Gasteiger partial charge in [0.2, 0.25) is 6.54 Å². The van der Waals surface area contributed by atoms with Gasteiger partial charge in [0, 0.05) is 23.7 Å². The van der Waals surface area contributed by atoms with Crippen LogP contribution in [0.5, 0.6) is 0 Å². The van der Waals surface area contributed by atoms with Crippen molar-refractivity contribution in [3.63, 3.8) is 0 Å². The van der Waals surface area contributed by atoms with Crippen molar-refractivity contribution >= 4 is 17.3 Å². The quantitative estimate of drug-likeness (QED) is 0.353. The van der Waals surface area contributed by atoms with E-state index in [1.165, 1.54) is 25.4 Å². The lowest BCUT2D eigenvalue weighted by Gasteiger charge is -2.07. The first kappa shape index (κ1) is 12.5. The Kier molecular flexibility index (Phi) is 4.30. The van der Waals surface area contributed by atoms with Gasteiger partial charge in [-0.25, -0.2) is 9.37 Å². The largest absolute Gasteiger partial charge is 0.287 e. The van der Waals surface area contributed by atoms with Gasteiger partial charge in [-0.3, -0.25) is 15.1 Å². The molecule has 1 heterocycles. The first-order valence-electron chi connectivity index (χ1n) is 4.37. The Morgan fingerprint density at radius 3 is 2.88 bits per heavy atom. The predicted molar refractivity (Wildman–Crippen MR) is 58.3 cm³/mol. The average Bonchev–Trinajstić information content (AvgIpc) is 2.25. The van der Waals surface area contributed by atoms with Crippen LogP contribution in [0.15, 0.2) is 23.3 Å². The highest BCUT2D eigenvalue weighted by atomic mass is 35.5. The summed E-state index contributed by atoms with van der Waals surface area (Å²) in [4.78, 5) is 16.9. The second-order valence-corrected chi connectivity index (χ2v) is 3.37. The van der Waals surface area contributed by atoms with Crippen molar-refractivity contribution in [2.75, 3.05) is 13.6 Å². The van der Waals surface area contributed by atoms with Crippen LogP contribution in [0.1, 0.15) is 11.7 Å². The Bertz CT molecular complexity index is 408. The van der Waals surface area contributed by atoms with Gasteiger partial charge in [0.05, 0.1) is 0 Å². The summed E-state index contributed by atoms with van der Waals surface area (Å²) >= 11 is 5.54. The van der Waals surface area contributed by atoms with Crippen molar-refractivity contribution in [1.82, 2.24) is 4.98 Å². The van der Waals surface area contributed by atoms with Crippen LogP contribution in [0.2, 0.25) is 5.15 Å². The van der Waals surface area contributed by atoms with Gasteiger partial charge in [0.25, 0.3) is 0 Å². The minimum Gasteiger partial charge on any atom is -0.287 e. The third-order valence-corrected chi connectivity index (χ3v) is 2.14. The number of hydrogen-bond acceptors (Lipinski definition) is 4. The molecule has 0 bridgehead atoms. The topological polar surface area (TPSA) is 68.4 Å². The van der Waals surface area contributed by atoms with Gasteiger partial charge in [-0.2, -0.15) is 0 Å². The predicted octanol–water partition coefficient (Wildman–Crippen LogP) is 2.09. The van der Waals surface area contributed by atoms with Crippen LogP contribution in [0.4, 0.5) is 4.39 Å². The van der Waals surface area contributed by atoms with E-state index in [4.69, 9.17) is 11.6 Å². The molecule has 0 N–H and O–H groups in total. The molecule has 0 aliphatic carbocycles. The molecule has 7 heteroatoms. The molecular formula is C9H9ClFN3O2. The number of halogens is 2. The molecule has 0 saturated carbocycles. The van der Waals surface area contributed by atoms with E-state index in [2.05, 4.69) is 9.98 Å². The van der Waals surface area contributed by atoms with Crippen LogP contribution < -0.4 is 0 Å². The summed E-state index contributed by atoms with van der Waals surface area (Å²) in [7, 11) is 1.31. The molecule has 1 rings (SSSR count). The van der Waals surface area contributed by atoms with Crippen LogP contribution in [-0.2, 0) is 0 Å². The molecule has 0 saturated heterocycles. The summed E-state index contributed by atoms with van der Waals surface area (Å²) in [5, 5.41) is 10.5. The Labute approximate surface area is 96.1 Å². The minimum atomic E-state index is -1.62. The molecule has 0 aliphatic rings. The highest BCUT2D eigenvalue weighted by Gasteiger charge is 2.21. The Morgan fingerprint density at radius 1 is 1.75 bits per heavy atom. The summed E-state index contributed by atoms with van der Waals surface area (Å²) in [5.74, 6) is 0. The number of alkyl halides is 1. The number of nitrogens with zero attached hydrogens (tertiary/aromatic N) is 3. The second kappa shape index (κ2) is 5.50. The van der Waals surface area contributed by atoms with Crippen LogP contribution >= 0.6 is 11.6 Å². The summed E-state index contributed by atoms with van der Waals surface area (Å²) in [6.45, 7) is -0.625. The van der Waals surface area contributed by atoms with Crippen molar-refractivity contribution in [3.8, 4) is 0 Å². The lowest BCUT2D eigenvalue weighted by molar-refractivity contribution is -0.463. The van der Waals surface area contributed by atoms with Gasteiger partial charge in [-0.15, -0.1) is 0 Å². The maximum atomic E-state index is 13.8. The molecule has 1 aromatic rings. The zero-order valence-electron chi connectivity index (χ0n) is 8.43. The molecule has 0 aromatic carbocycles. The number of pyridine rings is 1. The molecule has 16 heavy (non-hydrogen) atoms. The van der Waals surface area contributed by atoms with Gasteiger partial charge in [0.1, 0.15) is 10.9 Å². The van der Waals surface area contributed by atoms with Crippen molar-refractivity contribution in [2.24, 2.45) is 4.99 Å². The third kappa shape index (κ3) is 3.23. The third-order valence-electron chi connectivity index (χ3n) is 1.91. The molecule has 0 amide bonds. The Morgan fingerprint density at radius 2 is 2.44 bits per heavy atom. The van der Waals surface area contributed by atoms with Crippen molar-refractivity contribution in [2.45, 2.75) is 6.17 Å². The monoisotopic (exact) mass is 245 g/mol. The van der Waals surface area contributed by atoms with Gasteiger partial charge in [-0.1, -0.05) is 17.7 Å².